The average Bonchev–Trinajstić information content (AvgIpc) is 2.68. The zero-order valence-corrected chi connectivity index (χ0v) is 18.6. The summed E-state index contributed by atoms with van der Waals surface area (Å²) >= 11 is 0. The number of likely N-dealkylation sites (tertiary alicyclic amines) is 1. The second-order valence-corrected chi connectivity index (χ2v) is 9.43. The third-order valence-electron chi connectivity index (χ3n) is 6.49. The molecule has 1 aromatic carbocycles. The Morgan fingerprint density at radius 1 is 1.14 bits per heavy atom. The number of methoxy groups -OCH3 is 1. The van der Waals surface area contributed by atoms with Gasteiger partial charge in [0.1, 0.15) is 18.0 Å². The number of ether oxygens (including phenoxy) is 2. The van der Waals surface area contributed by atoms with Gasteiger partial charge in [-0.25, -0.2) is 0 Å². The molecule has 0 spiro atoms. The molecule has 0 aromatic heterocycles. The van der Waals surface area contributed by atoms with Gasteiger partial charge in [-0.3, -0.25) is 9.69 Å². The Hall–Kier alpha value is -1.59. The lowest BCUT2D eigenvalue weighted by molar-refractivity contribution is -0.143. The number of rotatable bonds is 7. The van der Waals surface area contributed by atoms with Crippen molar-refractivity contribution in [3.05, 3.63) is 24.3 Å². The van der Waals surface area contributed by atoms with Gasteiger partial charge in [0.25, 0.3) is 5.91 Å². The molecule has 4 atom stereocenters. The first-order valence-electron chi connectivity index (χ1n) is 11.2. The number of carbonyl (C=O) groups excluding carboxylic acids is 1. The van der Waals surface area contributed by atoms with Gasteiger partial charge in [-0.2, -0.15) is 0 Å². The highest BCUT2D eigenvalue weighted by Gasteiger charge is 2.42. The zero-order valence-electron chi connectivity index (χ0n) is 18.6. The molecule has 1 N–H and O–H groups in total. The molecule has 5 nitrogen and oxygen atoms in total. The Labute approximate surface area is 176 Å². The van der Waals surface area contributed by atoms with E-state index >= 15 is 0 Å². The van der Waals surface area contributed by atoms with Crippen LogP contribution < -0.4 is 10.1 Å². The number of nitrogens with one attached hydrogen (secondary N) is 1. The number of amides is 1. The Bertz CT molecular complexity index is 653. The van der Waals surface area contributed by atoms with Crippen molar-refractivity contribution >= 4 is 11.6 Å². The van der Waals surface area contributed by atoms with Crippen LogP contribution in [0.25, 0.3) is 0 Å². The minimum atomic E-state index is -0.699. The summed E-state index contributed by atoms with van der Waals surface area (Å²) in [5.41, 5.74) is 0.0888. The van der Waals surface area contributed by atoms with E-state index in [0.29, 0.717) is 12.5 Å². The van der Waals surface area contributed by atoms with Crippen LogP contribution in [0.1, 0.15) is 52.9 Å². The van der Waals surface area contributed by atoms with E-state index in [9.17, 15) is 4.79 Å². The molecule has 5 heteroatoms. The minimum Gasteiger partial charge on any atom is -0.492 e. The molecule has 4 unspecified atom stereocenters. The van der Waals surface area contributed by atoms with Crippen molar-refractivity contribution in [2.75, 3.05) is 38.7 Å². The van der Waals surface area contributed by atoms with E-state index in [4.69, 9.17) is 9.47 Å². The molecular formula is C24H38N2O3. The molecule has 3 rings (SSSR count). The zero-order chi connectivity index (χ0) is 20.9. The van der Waals surface area contributed by atoms with Gasteiger partial charge in [0, 0.05) is 32.4 Å². The molecule has 1 aliphatic carbocycles. The molecule has 0 bridgehead atoms. The normalized spacial score (nSPS) is 30.7. The van der Waals surface area contributed by atoms with Gasteiger partial charge in [0.05, 0.1) is 0 Å². The van der Waals surface area contributed by atoms with E-state index in [1.807, 2.05) is 24.3 Å². The number of carbonyl (C=O) groups is 1. The first-order valence-corrected chi connectivity index (χ1v) is 11.2. The van der Waals surface area contributed by atoms with Crippen molar-refractivity contribution in [3.63, 3.8) is 0 Å². The second kappa shape index (κ2) is 9.94. The molecule has 1 amide bonds. The van der Waals surface area contributed by atoms with Crippen molar-refractivity contribution < 1.29 is 14.3 Å². The number of hydrogen-bond acceptors (Lipinski definition) is 4. The summed E-state index contributed by atoms with van der Waals surface area (Å²) in [4.78, 5) is 15.4. The lowest BCUT2D eigenvalue weighted by Crippen LogP contribution is -2.47. The van der Waals surface area contributed by atoms with Gasteiger partial charge in [-0.1, -0.05) is 27.2 Å². The van der Waals surface area contributed by atoms with Gasteiger partial charge in [0.2, 0.25) is 0 Å². The molecule has 2 aliphatic rings. The van der Waals surface area contributed by atoms with E-state index in [-0.39, 0.29) is 5.91 Å². The maximum Gasteiger partial charge on any atom is 0.256 e. The predicted molar refractivity (Wildman–Crippen MR) is 117 cm³/mol. The maximum atomic E-state index is 12.9. The fraction of sp³-hybridized carbons (Fsp3) is 0.708. The van der Waals surface area contributed by atoms with E-state index < -0.39 is 5.60 Å². The number of piperidine rings is 1. The standard InChI is InChI=1S/C24H38N2O3/c1-18-6-5-11-24(15-18,28-4)23(27)25-21-7-9-22(10-8-21)29-13-12-26-16-19(2)14-20(3)17-26/h7-10,18-20H,5-6,11-17H2,1-4H3,(H,25,27). The number of nitrogens with zero attached hydrogens (tertiary/aromatic N) is 1. The lowest BCUT2D eigenvalue weighted by atomic mass is 9.78. The van der Waals surface area contributed by atoms with Crippen LogP contribution in [0, 0.1) is 17.8 Å². The van der Waals surface area contributed by atoms with Crippen molar-refractivity contribution in [1.29, 1.82) is 0 Å². The minimum absolute atomic E-state index is 0.0337. The summed E-state index contributed by atoms with van der Waals surface area (Å²) < 4.78 is 11.6. The van der Waals surface area contributed by atoms with Gasteiger partial charge in [0.15, 0.2) is 0 Å². The Balaban J connectivity index is 1.48. The molecule has 1 saturated carbocycles. The smallest absolute Gasteiger partial charge is 0.256 e. The topological polar surface area (TPSA) is 50.8 Å². The molecule has 162 valence electrons. The number of benzene rings is 1. The monoisotopic (exact) mass is 402 g/mol. The predicted octanol–water partition coefficient (Wildman–Crippen LogP) is 4.58. The van der Waals surface area contributed by atoms with Crippen LogP contribution >= 0.6 is 0 Å². The Morgan fingerprint density at radius 2 is 1.83 bits per heavy atom. The first kappa shape index (κ1) is 22.1. The molecule has 1 saturated heterocycles. The van der Waals surface area contributed by atoms with Crippen LogP contribution in [0.15, 0.2) is 24.3 Å². The SMILES string of the molecule is COC1(C(=O)Nc2ccc(OCCN3CC(C)CC(C)C3)cc2)CCCC(C)C1. The molecular weight excluding hydrogens is 364 g/mol. The lowest BCUT2D eigenvalue weighted by Gasteiger charge is -2.37. The second-order valence-electron chi connectivity index (χ2n) is 9.43. The molecule has 29 heavy (non-hydrogen) atoms. The summed E-state index contributed by atoms with van der Waals surface area (Å²) in [6, 6.07) is 7.68. The third kappa shape index (κ3) is 5.95. The summed E-state index contributed by atoms with van der Waals surface area (Å²) in [5.74, 6) is 2.85. The van der Waals surface area contributed by atoms with Crippen LogP contribution in [0.2, 0.25) is 0 Å². The average molecular weight is 403 g/mol. The fourth-order valence-corrected chi connectivity index (χ4v) is 5.13. The van der Waals surface area contributed by atoms with Crippen LogP contribution in [-0.4, -0.2) is 49.8 Å². The molecule has 1 aromatic rings. The first-order chi connectivity index (χ1) is 13.9. The molecule has 2 fully saturated rings. The largest absolute Gasteiger partial charge is 0.492 e. The highest BCUT2D eigenvalue weighted by atomic mass is 16.5. The highest BCUT2D eigenvalue weighted by Crippen LogP contribution is 2.35. The third-order valence-corrected chi connectivity index (χ3v) is 6.49. The number of anilines is 1. The summed E-state index contributed by atoms with van der Waals surface area (Å²) in [7, 11) is 1.65. The van der Waals surface area contributed by atoms with Crippen molar-refractivity contribution in [1.82, 2.24) is 4.90 Å². The van der Waals surface area contributed by atoms with E-state index in [1.54, 1.807) is 7.11 Å². The van der Waals surface area contributed by atoms with Crippen molar-refractivity contribution in [2.24, 2.45) is 17.8 Å². The molecule has 0 radical (unpaired) electrons. The van der Waals surface area contributed by atoms with Gasteiger partial charge >= 0.3 is 0 Å². The van der Waals surface area contributed by atoms with Crippen molar-refractivity contribution in [3.8, 4) is 5.75 Å². The molecule has 1 aliphatic heterocycles. The van der Waals surface area contributed by atoms with Crippen molar-refractivity contribution in [2.45, 2.75) is 58.5 Å². The summed E-state index contributed by atoms with van der Waals surface area (Å²) in [6.07, 6.45) is 5.09. The quantitative estimate of drug-likeness (QED) is 0.725. The van der Waals surface area contributed by atoms with E-state index in [2.05, 4.69) is 31.0 Å². The Morgan fingerprint density at radius 3 is 2.45 bits per heavy atom. The maximum absolute atomic E-state index is 12.9. The van der Waals surface area contributed by atoms with E-state index in [1.165, 1.54) is 25.9 Å². The fourth-order valence-electron chi connectivity index (χ4n) is 5.13. The molecule has 1 heterocycles. The van der Waals surface area contributed by atoms with Crippen LogP contribution in [-0.2, 0) is 9.53 Å². The Kier molecular flexibility index (Phi) is 7.58. The highest BCUT2D eigenvalue weighted by molar-refractivity contribution is 5.97. The van der Waals surface area contributed by atoms with E-state index in [0.717, 1.165) is 49.1 Å². The van der Waals surface area contributed by atoms with Gasteiger partial charge in [-0.15, -0.1) is 0 Å². The van der Waals surface area contributed by atoms with Gasteiger partial charge < -0.3 is 14.8 Å². The van der Waals surface area contributed by atoms with Gasteiger partial charge in [-0.05, 0) is 67.7 Å². The van der Waals surface area contributed by atoms with Crippen LogP contribution in [0.4, 0.5) is 5.69 Å². The number of hydrogen-bond donors (Lipinski definition) is 1. The summed E-state index contributed by atoms with van der Waals surface area (Å²) in [6.45, 7) is 10.8. The van der Waals surface area contributed by atoms with Crippen LogP contribution in [0.5, 0.6) is 5.75 Å². The summed E-state index contributed by atoms with van der Waals surface area (Å²) in [5, 5.41) is 3.04. The van der Waals surface area contributed by atoms with Crippen LogP contribution in [0.3, 0.4) is 0 Å².